The zero-order valence-corrected chi connectivity index (χ0v) is 18.1. The predicted molar refractivity (Wildman–Crippen MR) is 118 cm³/mol. The number of pyridine rings is 1. The SMILES string of the molecule is CC(C)(CC1=CC(c2ccccc2F)N(c2ccccc2)C1=O)c1cccc(C(F)(F)F)n1. The number of aromatic nitrogens is 1. The second-order valence-corrected chi connectivity index (χ2v) is 8.64. The second kappa shape index (κ2) is 8.46. The van der Waals surface area contributed by atoms with E-state index in [4.69, 9.17) is 0 Å². The first kappa shape index (κ1) is 22.7. The van der Waals surface area contributed by atoms with Crippen molar-refractivity contribution in [3.8, 4) is 0 Å². The van der Waals surface area contributed by atoms with E-state index in [0.717, 1.165) is 6.07 Å². The number of benzene rings is 2. The van der Waals surface area contributed by atoms with E-state index in [0.29, 0.717) is 16.8 Å². The summed E-state index contributed by atoms with van der Waals surface area (Å²) in [5.74, 6) is -0.748. The van der Waals surface area contributed by atoms with E-state index in [9.17, 15) is 22.4 Å². The van der Waals surface area contributed by atoms with Crippen molar-refractivity contribution < 1.29 is 22.4 Å². The zero-order chi connectivity index (χ0) is 23.8. The van der Waals surface area contributed by atoms with Crippen LogP contribution in [0, 0.1) is 5.82 Å². The Labute approximate surface area is 189 Å². The number of carbonyl (C=O) groups is 1. The lowest BCUT2D eigenvalue weighted by Crippen LogP contribution is -2.31. The monoisotopic (exact) mass is 454 g/mol. The minimum Gasteiger partial charge on any atom is -0.298 e. The van der Waals surface area contributed by atoms with Gasteiger partial charge in [-0.05, 0) is 42.8 Å². The summed E-state index contributed by atoms with van der Waals surface area (Å²) in [7, 11) is 0. The Balaban J connectivity index is 1.72. The molecule has 0 radical (unpaired) electrons. The van der Waals surface area contributed by atoms with E-state index < -0.39 is 29.1 Å². The van der Waals surface area contributed by atoms with Gasteiger partial charge in [-0.15, -0.1) is 0 Å². The molecule has 1 amide bonds. The van der Waals surface area contributed by atoms with Crippen LogP contribution in [0.15, 0.2) is 84.4 Å². The van der Waals surface area contributed by atoms with Gasteiger partial charge in [-0.1, -0.05) is 56.3 Å². The molecule has 1 aliphatic rings. The first-order valence-electron chi connectivity index (χ1n) is 10.5. The van der Waals surface area contributed by atoms with Crippen molar-refractivity contribution in [2.45, 2.75) is 37.9 Å². The Morgan fingerprint density at radius 3 is 2.18 bits per heavy atom. The highest BCUT2D eigenvalue weighted by Crippen LogP contribution is 2.41. The van der Waals surface area contributed by atoms with Gasteiger partial charge in [0.15, 0.2) is 0 Å². The third-order valence-corrected chi connectivity index (χ3v) is 5.75. The molecule has 0 spiro atoms. The Kier molecular flexibility index (Phi) is 5.82. The van der Waals surface area contributed by atoms with Crippen LogP contribution in [0.5, 0.6) is 0 Å². The predicted octanol–water partition coefficient (Wildman–Crippen LogP) is 6.62. The lowest BCUT2D eigenvalue weighted by Gasteiger charge is -2.27. The number of hydrogen-bond donors (Lipinski definition) is 0. The van der Waals surface area contributed by atoms with E-state index in [-0.39, 0.29) is 18.0 Å². The summed E-state index contributed by atoms with van der Waals surface area (Å²) in [6.07, 6.45) is -2.72. The van der Waals surface area contributed by atoms with Crippen molar-refractivity contribution in [2.24, 2.45) is 0 Å². The van der Waals surface area contributed by atoms with Gasteiger partial charge in [0.1, 0.15) is 11.5 Å². The second-order valence-electron chi connectivity index (χ2n) is 8.64. The van der Waals surface area contributed by atoms with Crippen LogP contribution < -0.4 is 4.90 Å². The molecule has 33 heavy (non-hydrogen) atoms. The topological polar surface area (TPSA) is 33.2 Å². The van der Waals surface area contributed by atoms with Crippen molar-refractivity contribution in [2.75, 3.05) is 4.90 Å². The number of alkyl halides is 3. The fourth-order valence-electron chi connectivity index (χ4n) is 4.10. The van der Waals surface area contributed by atoms with Crippen LogP contribution in [0.1, 0.15) is 43.3 Å². The Hall–Kier alpha value is -3.48. The van der Waals surface area contributed by atoms with Crippen molar-refractivity contribution >= 4 is 11.6 Å². The molecule has 0 aliphatic carbocycles. The van der Waals surface area contributed by atoms with Crippen LogP contribution >= 0.6 is 0 Å². The first-order valence-corrected chi connectivity index (χ1v) is 10.5. The number of anilines is 1. The average Bonchev–Trinajstić information content (AvgIpc) is 3.09. The molecule has 1 unspecified atom stereocenters. The van der Waals surface area contributed by atoms with Gasteiger partial charge in [-0.2, -0.15) is 13.2 Å². The Morgan fingerprint density at radius 1 is 0.879 bits per heavy atom. The summed E-state index contributed by atoms with van der Waals surface area (Å²) in [6, 6.07) is 18.3. The molecule has 1 atom stereocenters. The number of amides is 1. The van der Waals surface area contributed by atoms with Gasteiger partial charge in [0.25, 0.3) is 5.91 Å². The van der Waals surface area contributed by atoms with Gasteiger partial charge in [-0.3, -0.25) is 9.69 Å². The van der Waals surface area contributed by atoms with E-state index in [1.54, 1.807) is 62.4 Å². The summed E-state index contributed by atoms with van der Waals surface area (Å²) in [6.45, 7) is 3.49. The highest BCUT2D eigenvalue weighted by Gasteiger charge is 2.39. The molecule has 3 nitrogen and oxygen atoms in total. The molecule has 0 N–H and O–H groups in total. The van der Waals surface area contributed by atoms with Gasteiger partial charge in [0.05, 0.1) is 6.04 Å². The molecule has 0 saturated carbocycles. The van der Waals surface area contributed by atoms with E-state index in [2.05, 4.69) is 4.98 Å². The number of hydrogen-bond acceptors (Lipinski definition) is 2. The highest BCUT2D eigenvalue weighted by molar-refractivity contribution is 6.09. The average molecular weight is 454 g/mol. The van der Waals surface area contributed by atoms with Crippen LogP contribution in [-0.4, -0.2) is 10.9 Å². The fourth-order valence-corrected chi connectivity index (χ4v) is 4.10. The Bertz CT molecular complexity index is 1200. The summed E-state index contributed by atoms with van der Waals surface area (Å²) >= 11 is 0. The largest absolute Gasteiger partial charge is 0.433 e. The normalized spacial score (nSPS) is 16.8. The maximum Gasteiger partial charge on any atom is 0.433 e. The number of rotatable bonds is 5. The lowest BCUT2D eigenvalue weighted by atomic mass is 9.81. The smallest absolute Gasteiger partial charge is 0.298 e. The number of nitrogens with zero attached hydrogens (tertiary/aromatic N) is 2. The molecule has 7 heteroatoms. The zero-order valence-electron chi connectivity index (χ0n) is 18.1. The van der Waals surface area contributed by atoms with Gasteiger partial charge in [0, 0.05) is 27.9 Å². The van der Waals surface area contributed by atoms with Crippen molar-refractivity contribution in [1.29, 1.82) is 0 Å². The summed E-state index contributed by atoms with van der Waals surface area (Å²) in [5.41, 5.74) is -0.260. The van der Waals surface area contributed by atoms with Crippen LogP contribution in [0.3, 0.4) is 0 Å². The minimum absolute atomic E-state index is 0.147. The Morgan fingerprint density at radius 2 is 1.52 bits per heavy atom. The quantitative estimate of drug-likeness (QED) is 0.406. The molecule has 0 fully saturated rings. The molecule has 0 bridgehead atoms. The van der Waals surface area contributed by atoms with E-state index >= 15 is 0 Å². The van der Waals surface area contributed by atoms with Gasteiger partial charge < -0.3 is 0 Å². The molecule has 4 rings (SSSR count). The standard InChI is InChI=1S/C26H22F4N2O/c1-25(2,22-13-8-14-23(31-22)26(28,29)30)16-17-15-21(19-11-6-7-12-20(19)27)32(24(17)33)18-9-4-3-5-10-18/h3-15,21H,16H2,1-2H3. The third-order valence-electron chi connectivity index (χ3n) is 5.75. The number of para-hydroxylation sites is 1. The molecule has 2 heterocycles. The van der Waals surface area contributed by atoms with Crippen LogP contribution in [0.4, 0.5) is 23.2 Å². The maximum absolute atomic E-state index is 14.7. The molecule has 2 aromatic carbocycles. The minimum atomic E-state index is -4.56. The summed E-state index contributed by atoms with van der Waals surface area (Å²) in [4.78, 5) is 18.8. The van der Waals surface area contributed by atoms with Crippen LogP contribution in [0.2, 0.25) is 0 Å². The highest BCUT2D eigenvalue weighted by atomic mass is 19.4. The van der Waals surface area contributed by atoms with E-state index in [1.165, 1.54) is 23.1 Å². The van der Waals surface area contributed by atoms with Gasteiger partial charge in [-0.25, -0.2) is 9.37 Å². The molecule has 0 saturated heterocycles. The molecule has 170 valence electrons. The summed E-state index contributed by atoms with van der Waals surface area (Å²) < 4.78 is 54.2. The van der Waals surface area contributed by atoms with E-state index in [1.807, 2.05) is 6.07 Å². The molecular formula is C26H22F4N2O. The number of carbonyl (C=O) groups excluding carboxylic acids is 1. The van der Waals surface area contributed by atoms with Gasteiger partial charge in [0.2, 0.25) is 0 Å². The third kappa shape index (κ3) is 4.53. The van der Waals surface area contributed by atoms with Crippen molar-refractivity contribution in [3.63, 3.8) is 0 Å². The first-order chi connectivity index (χ1) is 15.6. The molecule has 1 aliphatic heterocycles. The molecule has 1 aromatic heterocycles. The fraction of sp³-hybridized carbons (Fsp3) is 0.231. The lowest BCUT2D eigenvalue weighted by molar-refractivity contribution is -0.141. The molecule has 3 aromatic rings. The maximum atomic E-state index is 14.7. The molecular weight excluding hydrogens is 432 g/mol. The van der Waals surface area contributed by atoms with Crippen molar-refractivity contribution in [3.05, 3.63) is 107 Å². The number of halogens is 4. The van der Waals surface area contributed by atoms with Gasteiger partial charge >= 0.3 is 6.18 Å². The van der Waals surface area contributed by atoms with Crippen LogP contribution in [-0.2, 0) is 16.4 Å². The summed E-state index contributed by atoms with van der Waals surface area (Å²) in [5, 5.41) is 0. The van der Waals surface area contributed by atoms with Crippen LogP contribution in [0.25, 0.3) is 0 Å². The van der Waals surface area contributed by atoms with Crippen molar-refractivity contribution in [1.82, 2.24) is 4.98 Å².